The van der Waals surface area contributed by atoms with Crippen LogP contribution in [0.3, 0.4) is 0 Å². The van der Waals surface area contributed by atoms with E-state index in [2.05, 4.69) is 205 Å². The first-order valence-electron chi connectivity index (χ1n) is 18.7. The van der Waals surface area contributed by atoms with Crippen LogP contribution in [-0.4, -0.2) is 0 Å². The first-order chi connectivity index (χ1) is 26.7. The Kier molecular flexibility index (Phi) is 8.70. The molecule has 8 aromatic rings. The molecule has 0 aromatic heterocycles. The van der Waals surface area contributed by atoms with E-state index in [1.54, 1.807) is 0 Å². The Bertz CT molecular complexity index is 2750. The SMILES string of the molecule is C=Cc1c(N(C2=CCCC=C2)c2cccc(-c3ccc(N(c4ccccc4)c4cc5ccccc5c5ccccc45)cc3)c2)cc2ccccc2c1C=C. The van der Waals surface area contributed by atoms with E-state index in [4.69, 9.17) is 0 Å². The Morgan fingerprint density at radius 1 is 0.426 bits per heavy atom. The van der Waals surface area contributed by atoms with Crippen molar-refractivity contribution in [3.8, 4) is 11.1 Å². The Morgan fingerprint density at radius 2 is 1.04 bits per heavy atom. The third kappa shape index (κ3) is 5.88. The standard InChI is InChI=1S/C52H40N2/c1-3-45-46(4-2)51(35-39-18-11-13-26-47(39)45)54(42-23-9-6-10-24-42)44-25-17-20-38(34-44)37-30-32-43(33-31-37)53(41-21-7-5-8-22-41)52-36-40-19-12-14-27-48(40)49-28-15-16-29-50(49)52/h3-5,7-9,11-36H,1-2,6,10H2. The molecule has 0 saturated carbocycles. The minimum Gasteiger partial charge on any atom is -0.310 e. The number of benzene rings is 8. The average Bonchev–Trinajstić information content (AvgIpc) is 3.24. The molecule has 0 heterocycles. The van der Waals surface area contributed by atoms with Crippen LogP contribution in [0.5, 0.6) is 0 Å². The lowest BCUT2D eigenvalue weighted by Gasteiger charge is -2.31. The molecule has 0 bridgehead atoms. The molecule has 0 amide bonds. The van der Waals surface area contributed by atoms with Gasteiger partial charge in [-0.1, -0.05) is 153 Å². The van der Waals surface area contributed by atoms with Gasteiger partial charge in [0.05, 0.1) is 11.4 Å². The van der Waals surface area contributed by atoms with Crippen LogP contribution in [0.4, 0.5) is 28.4 Å². The van der Waals surface area contributed by atoms with E-state index < -0.39 is 0 Å². The molecule has 258 valence electrons. The zero-order chi connectivity index (χ0) is 36.4. The quantitative estimate of drug-likeness (QED) is 0.139. The van der Waals surface area contributed by atoms with Gasteiger partial charge in [0.15, 0.2) is 0 Å². The third-order valence-corrected chi connectivity index (χ3v) is 10.6. The summed E-state index contributed by atoms with van der Waals surface area (Å²) < 4.78 is 0. The van der Waals surface area contributed by atoms with Crippen molar-refractivity contribution >= 4 is 72.9 Å². The summed E-state index contributed by atoms with van der Waals surface area (Å²) >= 11 is 0. The molecule has 0 radical (unpaired) electrons. The summed E-state index contributed by atoms with van der Waals surface area (Å²) in [4.78, 5) is 4.76. The van der Waals surface area contributed by atoms with E-state index in [9.17, 15) is 0 Å². The smallest absolute Gasteiger partial charge is 0.0546 e. The Hall–Kier alpha value is -6.90. The van der Waals surface area contributed by atoms with E-state index in [0.717, 1.165) is 69.2 Å². The van der Waals surface area contributed by atoms with Crippen molar-refractivity contribution in [3.63, 3.8) is 0 Å². The molecule has 2 nitrogen and oxygen atoms in total. The Balaban J connectivity index is 1.16. The van der Waals surface area contributed by atoms with Crippen molar-refractivity contribution in [2.24, 2.45) is 0 Å². The predicted octanol–water partition coefficient (Wildman–Crippen LogP) is 14.9. The molecule has 2 heteroatoms. The lowest BCUT2D eigenvalue weighted by atomic mass is 9.95. The van der Waals surface area contributed by atoms with Gasteiger partial charge in [-0.15, -0.1) is 0 Å². The lowest BCUT2D eigenvalue weighted by Crippen LogP contribution is -2.18. The third-order valence-electron chi connectivity index (χ3n) is 10.6. The van der Waals surface area contributed by atoms with E-state index in [0.29, 0.717) is 0 Å². The largest absolute Gasteiger partial charge is 0.310 e. The van der Waals surface area contributed by atoms with Crippen LogP contribution in [0, 0.1) is 0 Å². The summed E-state index contributed by atoms with van der Waals surface area (Å²) in [6.45, 7) is 8.49. The first kappa shape index (κ1) is 33.0. The molecular weight excluding hydrogens is 653 g/mol. The average molecular weight is 693 g/mol. The predicted molar refractivity (Wildman–Crippen MR) is 234 cm³/mol. The lowest BCUT2D eigenvalue weighted by molar-refractivity contribution is 0.997. The van der Waals surface area contributed by atoms with Crippen molar-refractivity contribution in [1.82, 2.24) is 0 Å². The van der Waals surface area contributed by atoms with E-state index >= 15 is 0 Å². The zero-order valence-electron chi connectivity index (χ0n) is 30.2. The molecule has 0 fully saturated rings. The number of para-hydroxylation sites is 1. The fraction of sp³-hybridized carbons (Fsp3) is 0.0385. The topological polar surface area (TPSA) is 6.48 Å². The van der Waals surface area contributed by atoms with Gasteiger partial charge in [-0.2, -0.15) is 0 Å². The van der Waals surface area contributed by atoms with E-state index in [-0.39, 0.29) is 0 Å². The summed E-state index contributed by atoms with van der Waals surface area (Å²) in [6.07, 6.45) is 12.8. The number of nitrogens with zero attached hydrogens (tertiary/aromatic N) is 2. The van der Waals surface area contributed by atoms with Crippen LogP contribution in [0.25, 0.3) is 55.6 Å². The fourth-order valence-electron chi connectivity index (χ4n) is 8.04. The van der Waals surface area contributed by atoms with Gasteiger partial charge in [0.2, 0.25) is 0 Å². The molecule has 0 aliphatic heterocycles. The summed E-state index contributed by atoms with van der Waals surface area (Å²) in [5, 5.41) is 7.30. The highest BCUT2D eigenvalue weighted by atomic mass is 15.2. The number of fused-ring (bicyclic) bond motifs is 4. The van der Waals surface area contributed by atoms with Crippen LogP contribution in [-0.2, 0) is 0 Å². The summed E-state index contributed by atoms with van der Waals surface area (Å²) in [5.74, 6) is 0. The number of allylic oxidation sites excluding steroid dienone is 3. The molecule has 54 heavy (non-hydrogen) atoms. The van der Waals surface area contributed by atoms with Crippen molar-refractivity contribution in [2.75, 3.05) is 9.80 Å². The fourth-order valence-corrected chi connectivity index (χ4v) is 8.04. The van der Waals surface area contributed by atoms with Gasteiger partial charge in [0.25, 0.3) is 0 Å². The van der Waals surface area contributed by atoms with Crippen molar-refractivity contribution < 1.29 is 0 Å². The van der Waals surface area contributed by atoms with Crippen LogP contribution < -0.4 is 9.80 Å². The highest BCUT2D eigenvalue weighted by molar-refractivity contribution is 6.14. The minimum absolute atomic E-state index is 0.999. The second kappa shape index (κ2) is 14.3. The Labute approximate surface area is 317 Å². The maximum Gasteiger partial charge on any atom is 0.0546 e. The van der Waals surface area contributed by atoms with Gasteiger partial charge < -0.3 is 9.80 Å². The molecule has 1 aliphatic carbocycles. The van der Waals surface area contributed by atoms with Gasteiger partial charge in [-0.3, -0.25) is 0 Å². The maximum atomic E-state index is 4.28. The maximum absolute atomic E-state index is 4.28. The molecule has 0 spiro atoms. The van der Waals surface area contributed by atoms with Gasteiger partial charge in [-0.25, -0.2) is 0 Å². The van der Waals surface area contributed by atoms with Crippen LogP contribution in [0.15, 0.2) is 201 Å². The molecule has 8 aromatic carbocycles. The van der Waals surface area contributed by atoms with Crippen molar-refractivity contribution in [3.05, 3.63) is 212 Å². The molecule has 9 rings (SSSR count). The van der Waals surface area contributed by atoms with Gasteiger partial charge >= 0.3 is 0 Å². The normalized spacial score (nSPS) is 12.5. The van der Waals surface area contributed by atoms with Crippen LogP contribution in [0.2, 0.25) is 0 Å². The summed E-state index contributed by atoms with van der Waals surface area (Å²) in [5.41, 5.74) is 11.2. The monoisotopic (exact) mass is 692 g/mol. The van der Waals surface area contributed by atoms with Gasteiger partial charge in [-0.05, 0) is 111 Å². The van der Waals surface area contributed by atoms with Crippen LogP contribution >= 0.6 is 0 Å². The second-order valence-corrected chi connectivity index (χ2v) is 13.7. The summed E-state index contributed by atoms with van der Waals surface area (Å²) in [7, 11) is 0. The number of anilines is 5. The van der Waals surface area contributed by atoms with Crippen LogP contribution in [0.1, 0.15) is 24.0 Å². The Morgan fingerprint density at radius 3 is 1.76 bits per heavy atom. The molecule has 0 saturated heterocycles. The highest BCUT2D eigenvalue weighted by Gasteiger charge is 2.21. The molecular formula is C52H40N2. The summed E-state index contributed by atoms with van der Waals surface area (Å²) in [6, 6.07) is 59.1. The number of rotatable bonds is 9. The van der Waals surface area contributed by atoms with Crippen molar-refractivity contribution in [2.45, 2.75) is 12.8 Å². The molecule has 0 atom stereocenters. The van der Waals surface area contributed by atoms with E-state index in [1.165, 1.54) is 32.3 Å². The molecule has 0 N–H and O–H groups in total. The van der Waals surface area contributed by atoms with Gasteiger partial charge in [0, 0.05) is 33.7 Å². The van der Waals surface area contributed by atoms with E-state index in [1.807, 2.05) is 12.2 Å². The van der Waals surface area contributed by atoms with Gasteiger partial charge in [0.1, 0.15) is 0 Å². The minimum atomic E-state index is 0.999. The number of hydrogen-bond acceptors (Lipinski definition) is 2. The highest BCUT2D eigenvalue weighted by Crippen LogP contribution is 2.44. The second-order valence-electron chi connectivity index (χ2n) is 13.7. The number of hydrogen-bond donors (Lipinski definition) is 0. The molecule has 0 unspecified atom stereocenters. The first-order valence-corrected chi connectivity index (χ1v) is 18.7. The molecule has 1 aliphatic rings. The zero-order valence-corrected chi connectivity index (χ0v) is 30.2. The van der Waals surface area contributed by atoms with Crippen molar-refractivity contribution in [1.29, 1.82) is 0 Å².